The number of fused-ring (bicyclic) bond motifs is 3. The number of aromatic hydroxyl groups is 2. The molecule has 13 heteroatoms. The molecule has 1 heterocycles. The van der Waals surface area contributed by atoms with E-state index in [0.29, 0.717) is 0 Å². The zero-order valence-electron chi connectivity index (χ0n) is 21.5. The summed E-state index contributed by atoms with van der Waals surface area (Å²) in [6.45, 7) is 0.554. The fourth-order valence-corrected chi connectivity index (χ4v) is 6.04. The van der Waals surface area contributed by atoms with Crippen LogP contribution in [0.3, 0.4) is 0 Å². The van der Waals surface area contributed by atoms with Crippen LogP contribution in [0, 0.1) is 0 Å². The monoisotopic (exact) mass is 577 g/mol. The third-order valence-electron chi connectivity index (χ3n) is 7.90. The molecular formula is C27H28ClNO11. The van der Waals surface area contributed by atoms with Gasteiger partial charge in [-0.25, -0.2) is 4.84 Å². The maximum absolute atomic E-state index is 13.7. The summed E-state index contributed by atoms with van der Waals surface area (Å²) in [5.74, 6) is -3.81. The van der Waals surface area contributed by atoms with E-state index in [0.717, 1.165) is 0 Å². The molecule has 2 aromatic rings. The third-order valence-corrected chi connectivity index (χ3v) is 8.18. The number of ether oxygens (including phenoxy) is 3. The number of hydrogen-bond acceptors (Lipinski definition) is 12. The molecule has 0 bridgehead atoms. The van der Waals surface area contributed by atoms with Crippen LogP contribution < -0.4 is 9.57 Å². The van der Waals surface area contributed by atoms with Gasteiger partial charge in [-0.15, -0.1) is 0 Å². The third kappa shape index (κ3) is 4.27. The standard InChI is InChI=1S/C27H28ClNO11/c1-10-22(32)13(29-28)6-17(39-10)40-15-8-27(37,16(31)9-30)7-12-19(15)26(36)21-20(24(12)34)23(33)11-4-3-5-14(38-2)18(11)25(21)35/h3-5,10,13,15,17,22,29-30,32,34,36-37H,6-9H2,1-2H3/t10-,13?,15+,17?,22-,27+/m1/s1. The lowest BCUT2D eigenvalue weighted by atomic mass is 9.72. The maximum Gasteiger partial charge on any atom is 0.202 e. The van der Waals surface area contributed by atoms with Crippen LogP contribution in [0.2, 0.25) is 0 Å². The van der Waals surface area contributed by atoms with Crippen molar-refractivity contribution in [1.29, 1.82) is 0 Å². The molecule has 0 saturated carbocycles. The smallest absolute Gasteiger partial charge is 0.202 e. The summed E-state index contributed by atoms with van der Waals surface area (Å²) in [7, 11) is 1.32. The second-order valence-corrected chi connectivity index (χ2v) is 10.4. The molecule has 1 aliphatic heterocycles. The fourth-order valence-electron chi connectivity index (χ4n) is 5.82. The molecule has 2 unspecified atom stereocenters. The predicted octanol–water partition coefficient (Wildman–Crippen LogP) is 0.786. The lowest BCUT2D eigenvalue weighted by molar-refractivity contribution is -0.248. The summed E-state index contributed by atoms with van der Waals surface area (Å²) in [6, 6.07) is 3.70. The number of nitrogens with one attached hydrogen (secondary N) is 1. The number of aliphatic hydroxyl groups is 3. The Morgan fingerprint density at radius 2 is 1.88 bits per heavy atom. The van der Waals surface area contributed by atoms with Gasteiger partial charge in [-0.2, -0.15) is 0 Å². The summed E-state index contributed by atoms with van der Waals surface area (Å²) in [5, 5.41) is 54.0. The summed E-state index contributed by atoms with van der Waals surface area (Å²) in [5.41, 5.74) is -3.68. The van der Waals surface area contributed by atoms with Crippen molar-refractivity contribution in [3.05, 3.63) is 51.6 Å². The minimum absolute atomic E-state index is 0.0207. The van der Waals surface area contributed by atoms with Crippen LogP contribution in [-0.4, -0.2) is 86.7 Å². The van der Waals surface area contributed by atoms with Crippen molar-refractivity contribution in [2.75, 3.05) is 13.7 Å². The van der Waals surface area contributed by atoms with Gasteiger partial charge in [0.15, 0.2) is 17.9 Å². The fraction of sp³-hybridized carbons (Fsp3) is 0.444. The van der Waals surface area contributed by atoms with Gasteiger partial charge < -0.3 is 39.7 Å². The van der Waals surface area contributed by atoms with E-state index >= 15 is 0 Å². The van der Waals surface area contributed by atoms with E-state index in [1.165, 1.54) is 25.3 Å². The zero-order chi connectivity index (χ0) is 29.1. The second kappa shape index (κ2) is 10.4. The normalized spacial score (nSPS) is 29.4. The first-order valence-corrected chi connectivity index (χ1v) is 12.9. The first-order valence-electron chi connectivity index (χ1n) is 12.6. The predicted molar refractivity (Wildman–Crippen MR) is 137 cm³/mol. The molecule has 6 atom stereocenters. The van der Waals surface area contributed by atoms with Crippen molar-refractivity contribution in [2.24, 2.45) is 0 Å². The van der Waals surface area contributed by atoms with Crippen molar-refractivity contribution < 1.29 is 54.1 Å². The molecule has 0 spiro atoms. The largest absolute Gasteiger partial charge is 0.507 e. The second-order valence-electron chi connectivity index (χ2n) is 10.2. The number of methoxy groups -OCH3 is 1. The summed E-state index contributed by atoms with van der Waals surface area (Å²) in [4.78, 5) is 42.3. The first-order chi connectivity index (χ1) is 19.0. The number of Topliss-reactive ketones (excluding diaryl/α,β-unsaturated/α-hetero) is 1. The van der Waals surface area contributed by atoms with Gasteiger partial charge in [0.2, 0.25) is 5.78 Å². The lowest BCUT2D eigenvalue weighted by Crippen LogP contribution is -2.53. The van der Waals surface area contributed by atoms with E-state index in [9.17, 15) is 39.9 Å². The molecular weight excluding hydrogens is 550 g/mol. The molecule has 0 radical (unpaired) electrons. The molecule has 2 aromatic carbocycles. The highest BCUT2D eigenvalue weighted by Crippen LogP contribution is 2.52. The van der Waals surface area contributed by atoms with E-state index in [2.05, 4.69) is 4.84 Å². The maximum atomic E-state index is 13.7. The Morgan fingerprint density at radius 1 is 1.18 bits per heavy atom. The Morgan fingerprint density at radius 3 is 2.52 bits per heavy atom. The van der Waals surface area contributed by atoms with Crippen molar-refractivity contribution in [3.63, 3.8) is 0 Å². The Balaban J connectivity index is 1.68. The number of rotatable bonds is 6. The van der Waals surface area contributed by atoms with E-state index in [1.807, 2.05) is 0 Å². The first kappa shape index (κ1) is 28.4. The highest BCUT2D eigenvalue weighted by atomic mass is 35.5. The van der Waals surface area contributed by atoms with Gasteiger partial charge in [0.25, 0.3) is 0 Å². The molecule has 5 rings (SSSR count). The van der Waals surface area contributed by atoms with Crippen LogP contribution in [0.25, 0.3) is 0 Å². The Hall–Kier alpha value is -3.10. The SMILES string of the molecule is COc1cccc2c1C(=O)c1c(O)c3c(c(O)c1C2=O)C[C@@](O)(C(=O)CO)C[C@@H]3OC1CC(NCl)[C@H](O)[C@@H](C)O1. The van der Waals surface area contributed by atoms with Gasteiger partial charge >= 0.3 is 0 Å². The average molecular weight is 578 g/mol. The minimum atomic E-state index is -2.25. The van der Waals surface area contributed by atoms with E-state index in [-0.39, 0.29) is 34.4 Å². The van der Waals surface area contributed by atoms with Crippen molar-refractivity contribution in [2.45, 2.75) is 62.4 Å². The van der Waals surface area contributed by atoms with Gasteiger partial charge in [-0.3, -0.25) is 14.4 Å². The molecule has 1 fully saturated rings. The number of hydrogen-bond donors (Lipinski definition) is 6. The van der Waals surface area contributed by atoms with Crippen LogP contribution in [0.1, 0.15) is 68.8 Å². The molecule has 0 aromatic heterocycles. The van der Waals surface area contributed by atoms with Crippen molar-refractivity contribution >= 4 is 29.1 Å². The topological polar surface area (TPSA) is 192 Å². The summed E-state index contributed by atoms with van der Waals surface area (Å²) in [6.07, 6.45) is -5.19. The van der Waals surface area contributed by atoms with E-state index in [1.54, 1.807) is 6.92 Å². The van der Waals surface area contributed by atoms with Crippen LogP contribution in [0.4, 0.5) is 0 Å². The number of halogens is 1. The van der Waals surface area contributed by atoms with Gasteiger partial charge in [0, 0.05) is 36.0 Å². The van der Waals surface area contributed by atoms with Crippen LogP contribution in [0.15, 0.2) is 18.2 Å². The highest BCUT2D eigenvalue weighted by molar-refractivity contribution is 6.31. The minimum Gasteiger partial charge on any atom is -0.507 e. The van der Waals surface area contributed by atoms with E-state index < -0.39 is 95.7 Å². The summed E-state index contributed by atoms with van der Waals surface area (Å²) >= 11 is 5.77. The average Bonchev–Trinajstić information content (AvgIpc) is 2.94. The van der Waals surface area contributed by atoms with E-state index in [4.69, 9.17) is 26.0 Å². The molecule has 3 aliphatic rings. The Labute approximate surface area is 233 Å². The number of carbonyl (C=O) groups is 3. The number of phenols is 2. The van der Waals surface area contributed by atoms with Crippen LogP contribution >= 0.6 is 11.8 Å². The van der Waals surface area contributed by atoms with Crippen LogP contribution in [-0.2, 0) is 20.7 Å². The number of carbonyl (C=O) groups excluding carboxylic acids is 3. The van der Waals surface area contributed by atoms with Gasteiger partial charge in [0.05, 0.1) is 48.2 Å². The number of benzene rings is 2. The zero-order valence-corrected chi connectivity index (χ0v) is 22.3. The van der Waals surface area contributed by atoms with Gasteiger partial charge in [-0.1, -0.05) is 12.1 Å². The Bertz CT molecular complexity index is 1410. The molecule has 214 valence electrons. The molecule has 0 amide bonds. The Kier molecular flexibility index (Phi) is 7.38. The number of ketones is 3. The summed E-state index contributed by atoms with van der Waals surface area (Å²) < 4.78 is 17.1. The van der Waals surface area contributed by atoms with Crippen molar-refractivity contribution in [3.8, 4) is 17.2 Å². The lowest BCUT2D eigenvalue weighted by Gasteiger charge is -2.42. The van der Waals surface area contributed by atoms with Crippen molar-refractivity contribution in [1.82, 2.24) is 4.84 Å². The number of aliphatic hydroxyl groups excluding tert-OH is 2. The number of phenolic OH excluding ortho intramolecular Hbond substituents is 2. The molecule has 40 heavy (non-hydrogen) atoms. The van der Waals surface area contributed by atoms with Gasteiger partial charge in [-0.05, 0) is 24.8 Å². The molecule has 12 nitrogen and oxygen atoms in total. The van der Waals surface area contributed by atoms with Crippen LogP contribution in [0.5, 0.6) is 17.2 Å². The van der Waals surface area contributed by atoms with Gasteiger partial charge in [0.1, 0.15) is 29.5 Å². The molecule has 1 saturated heterocycles. The molecule has 6 N–H and O–H groups in total. The molecule has 2 aliphatic carbocycles. The highest BCUT2D eigenvalue weighted by Gasteiger charge is 2.50. The quantitative estimate of drug-likeness (QED) is 0.178.